The molecule has 30 heavy (non-hydrogen) atoms. The molecule has 0 spiro atoms. The summed E-state index contributed by atoms with van der Waals surface area (Å²) in [5.41, 5.74) is 6.96. The standard InChI is InChI=1S/C28H27BO/c1-28(2,3)30-29(26-18-14-24(15-19-26)22-10-6-4-7-11-22)27-20-16-25(17-21-27)23-12-8-5-9-13-23/h4-21H,1-3H3. The van der Waals surface area contributed by atoms with Gasteiger partial charge in [0.05, 0.1) is 0 Å². The molecule has 148 valence electrons. The van der Waals surface area contributed by atoms with Gasteiger partial charge in [-0.05, 0) is 54.0 Å². The van der Waals surface area contributed by atoms with E-state index in [1.807, 2.05) is 12.1 Å². The lowest BCUT2D eigenvalue weighted by atomic mass is 9.54. The van der Waals surface area contributed by atoms with E-state index in [0.717, 1.165) is 10.9 Å². The van der Waals surface area contributed by atoms with Crippen molar-refractivity contribution >= 4 is 17.8 Å². The molecule has 0 aliphatic rings. The van der Waals surface area contributed by atoms with Crippen molar-refractivity contribution in [2.45, 2.75) is 26.4 Å². The second-order valence-electron chi connectivity index (χ2n) is 8.59. The van der Waals surface area contributed by atoms with Crippen LogP contribution in [0.1, 0.15) is 20.8 Å². The quantitative estimate of drug-likeness (QED) is 0.383. The molecule has 0 saturated heterocycles. The highest BCUT2D eigenvalue weighted by Gasteiger charge is 2.27. The van der Waals surface area contributed by atoms with Crippen LogP contribution in [0.25, 0.3) is 22.3 Å². The van der Waals surface area contributed by atoms with Crippen LogP contribution >= 0.6 is 0 Å². The first kappa shape index (κ1) is 20.2. The van der Waals surface area contributed by atoms with E-state index < -0.39 is 0 Å². The predicted molar refractivity (Wildman–Crippen MR) is 130 cm³/mol. The highest BCUT2D eigenvalue weighted by molar-refractivity contribution is 6.80. The van der Waals surface area contributed by atoms with Gasteiger partial charge in [0.15, 0.2) is 0 Å². The van der Waals surface area contributed by atoms with Crippen molar-refractivity contribution in [3.8, 4) is 22.3 Å². The van der Waals surface area contributed by atoms with E-state index in [1.165, 1.54) is 22.3 Å². The Kier molecular flexibility index (Phi) is 5.87. The molecule has 4 aromatic rings. The zero-order valence-electron chi connectivity index (χ0n) is 17.9. The van der Waals surface area contributed by atoms with Crippen LogP contribution in [0, 0.1) is 0 Å². The normalized spacial score (nSPS) is 11.3. The fourth-order valence-corrected chi connectivity index (χ4v) is 3.64. The first-order chi connectivity index (χ1) is 14.5. The van der Waals surface area contributed by atoms with Gasteiger partial charge >= 0.3 is 6.92 Å². The molecule has 0 aromatic heterocycles. The molecule has 0 bridgehead atoms. The monoisotopic (exact) mass is 390 g/mol. The largest absolute Gasteiger partial charge is 0.422 e. The maximum Gasteiger partial charge on any atom is 0.362 e. The lowest BCUT2D eigenvalue weighted by Crippen LogP contribution is -2.49. The van der Waals surface area contributed by atoms with E-state index in [-0.39, 0.29) is 12.5 Å². The maximum absolute atomic E-state index is 6.50. The predicted octanol–water partition coefficient (Wildman–Crippen LogP) is 5.94. The highest BCUT2D eigenvalue weighted by atomic mass is 16.5. The molecule has 0 unspecified atom stereocenters. The fraction of sp³-hybridized carbons (Fsp3) is 0.143. The van der Waals surface area contributed by atoms with Crippen LogP contribution in [0.4, 0.5) is 0 Å². The summed E-state index contributed by atoms with van der Waals surface area (Å²) in [5, 5.41) is 0. The third-order valence-corrected chi connectivity index (χ3v) is 5.11. The average Bonchev–Trinajstić information content (AvgIpc) is 2.78. The fourth-order valence-electron chi connectivity index (χ4n) is 3.64. The van der Waals surface area contributed by atoms with Gasteiger partial charge in [0.2, 0.25) is 0 Å². The van der Waals surface area contributed by atoms with Gasteiger partial charge in [-0.1, -0.05) is 109 Å². The molecule has 0 heterocycles. The van der Waals surface area contributed by atoms with Crippen molar-refractivity contribution in [2.24, 2.45) is 0 Å². The first-order valence-corrected chi connectivity index (χ1v) is 10.5. The summed E-state index contributed by atoms with van der Waals surface area (Å²) in [4.78, 5) is 0. The van der Waals surface area contributed by atoms with Gasteiger partial charge in [-0.15, -0.1) is 0 Å². The maximum atomic E-state index is 6.50. The average molecular weight is 390 g/mol. The molecule has 1 nitrogen and oxygen atoms in total. The molecule has 0 aliphatic heterocycles. The molecule has 0 atom stereocenters. The van der Waals surface area contributed by atoms with Gasteiger partial charge in [-0.25, -0.2) is 0 Å². The van der Waals surface area contributed by atoms with Gasteiger partial charge < -0.3 is 4.65 Å². The van der Waals surface area contributed by atoms with Crippen molar-refractivity contribution in [1.29, 1.82) is 0 Å². The van der Waals surface area contributed by atoms with Crippen LogP contribution in [-0.4, -0.2) is 12.5 Å². The Morgan fingerprint density at radius 2 is 0.800 bits per heavy atom. The Balaban J connectivity index is 1.65. The number of hydrogen-bond acceptors (Lipinski definition) is 1. The summed E-state index contributed by atoms with van der Waals surface area (Å²) in [6.45, 7) is 6.21. The Morgan fingerprint density at radius 3 is 1.13 bits per heavy atom. The minimum atomic E-state index is -0.249. The van der Waals surface area contributed by atoms with Crippen molar-refractivity contribution in [3.05, 3.63) is 109 Å². The Bertz CT molecular complexity index is 981. The van der Waals surface area contributed by atoms with Crippen molar-refractivity contribution in [1.82, 2.24) is 0 Å². The van der Waals surface area contributed by atoms with Crippen LogP contribution in [0.15, 0.2) is 109 Å². The minimum absolute atomic E-state index is 0.111. The number of benzene rings is 4. The molecular weight excluding hydrogens is 363 g/mol. The third-order valence-electron chi connectivity index (χ3n) is 5.11. The van der Waals surface area contributed by atoms with Gasteiger partial charge in [-0.2, -0.15) is 0 Å². The smallest absolute Gasteiger partial charge is 0.362 e. The summed E-state index contributed by atoms with van der Waals surface area (Å²) in [6.07, 6.45) is 0. The third kappa shape index (κ3) is 4.90. The van der Waals surface area contributed by atoms with E-state index >= 15 is 0 Å². The number of hydrogen-bond donors (Lipinski definition) is 0. The molecule has 0 aliphatic carbocycles. The van der Waals surface area contributed by atoms with Crippen molar-refractivity contribution in [3.63, 3.8) is 0 Å². The Labute approximate surface area is 180 Å². The molecule has 0 N–H and O–H groups in total. The second-order valence-corrected chi connectivity index (χ2v) is 8.59. The summed E-state index contributed by atoms with van der Waals surface area (Å²) >= 11 is 0. The van der Waals surface area contributed by atoms with Crippen LogP contribution < -0.4 is 10.9 Å². The highest BCUT2D eigenvalue weighted by Crippen LogP contribution is 2.20. The summed E-state index contributed by atoms with van der Waals surface area (Å²) < 4.78 is 6.50. The van der Waals surface area contributed by atoms with Gasteiger partial charge in [0, 0.05) is 5.60 Å². The van der Waals surface area contributed by atoms with Crippen LogP contribution in [-0.2, 0) is 4.65 Å². The van der Waals surface area contributed by atoms with Crippen molar-refractivity contribution in [2.75, 3.05) is 0 Å². The number of rotatable bonds is 5. The van der Waals surface area contributed by atoms with Crippen LogP contribution in [0.5, 0.6) is 0 Å². The molecule has 0 radical (unpaired) electrons. The van der Waals surface area contributed by atoms with E-state index in [4.69, 9.17) is 4.65 Å². The van der Waals surface area contributed by atoms with E-state index in [0.29, 0.717) is 0 Å². The van der Waals surface area contributed by atoms with Gasteiger partial charge in [0.1, 0.15) is 0 Å². The SMILES string of the molecule is CC(C)(C)OB(c1ccc(-c2ccccc2)cc1)c1ccc(-c2ccccc2)cc1. The molecule has 0 saturated carbocycles. The molecule has 4 aromatic carbocycles. The van der Waals surface area contributed by atoms with Gasteiger partial charge in [-0.3, -0.25) is 0 Å². The molecule has 4 rings (SSSR count). The molecular formula is C28H27BO. The molecule has 0 fully saturated rings. The molecule has 0 amide bonds. The molecule has 2 heteroatoms. The van der Waals surface area contributed by atoms with Gasteiger partial charge in [0.25, 0.3) is 0 Å². The van der Waals surface area contributed by atoms with E-state index in [2.05, 4.69) is 118 Å². The lowest BCUT2D eigenvalue weighted by Gasteiger charge is -2.26. The minimum Gasteiger partial charge on any atom is -0.422 e. The Hall–Kier alpha value is -3.10. The van der Waals surface area contributed by atoms with Crippen LogP contribution in [0.2, 0.25) is 0 Å². The zero-order chi connectivity index (χ0) is 21.0. The summed E-state index contributed by atoms with van der Waals surface area (Å²) in [7, 11) is 0. The lowest BCUT2D eigenvalue weighted by molar-refractivity contribution is 0.136. The second kappa shape index (κ2) is 8.73. The Morgan fingerprint density at radius 1 is 0.467 bits per heavy atom. The zero-order valence-corrected chi connectivity index (χ0v) is 17.9. The van der Waals surface area contributed by atoms with E-state index in [1.54, 1.807) is 0 Å². The van der Waals surface area contributed by atoms with Crippen molar-refractivity contribution < 1.29 is 4.65 Å². The van der Waals surface area contributed by atoms with E-state index in [9.17, 15) is 0 Å². The first-order valence-electron chi connectivity index (χ1n) is 10.5. The van der Waals surface area contributed by atoms with Crippen LogP contribution in [0.3, 0.4) is 0 Å². The summed E-state index contributed by atoms with van der Waals surface area (Å²) in [6, 6.07) is 38.4. The topological polar surface area (TPSA) is 9.23 Å². The summed E-state index contributed by atoms with van der Waals surface area (Å²) in [5.74, 6) is 0.